The first-order chi connectivity index (χ1) is 12.2. The summed E-state index contributed by atoms with van der Waals surface area (Å²) in [7, 11) is 0. The molecule has 3 rings (SSSR count). The number of aryl methyl sites for hydroxylation is 1. The Labute approximate surface area is 150 Å². The molecular formula is C21H26N2O2. The van der Waals surface area contributed by atoms with E-state index in [9.17, 15) is 4.79 Å². The Morgan fingerprint density at radius 3 is 2.40 bits per heavy atom. The van der Waals surface area contributed by atoms with E-state index in [-0.39, 0.29) is 5.91 Å². The second-order valence-electron chi connectivity index (χ2n) is 6.48. The van der Waals surface area contributed by atoms with Crippen LogP contribution >= 0.6 is 0 Å². The molecule has 1 heterocycles. The number of amides is 1. The van der Waals surface area contributed by atoms with E-state index in [0.717, 1.165) is 37.5 Å². The van der Waals surface area contributed by atoms with Gasteiger partial charge in [-0.15, -0.1) is 0 Å². The molecular weight excluding hydrogens is 312 g/mol. The predicted molar refractivity (Wildman–Crippen MR) is 101 cm³/mol. The molecule has 1 saturated heterocycles. The topological polar surface area (TPSA) is 32.8 Å². The summed E-state index contributed by atoms with van der Waals surface area (Å²) in [4.78, 5) is 17.1. The van der Waals surface area contributed by atoms with Crippen molar-refractivity contribution >= 4 is 11.6 Å². The fourth-order valence-electron chi connectivity index (χ4n) is 3.19. The standard InChI is InChI=1S/C21H26N2O2/c1-3-20(25-19-11-7-8-17(2)16-19)21(24)23-14-12-22(13-15-23)18-9-5-4-6-10-18/h4-11,16,20H,3,12-15H2,1-2H3. The van der Waals surface area contributed by atoms with E-state index in [1.165, 1.54) is 5.69 Å². The van der Waals surface area contributed by atoms with Crippen molar-refractivity contribution in [3.05, 3.63) is 60.2 Å². The van der Waals surface area contributed by atoms with Gasteiger partial charge in [-0.3, -0.25) is 4.79 Å². The van der Waals surface area contributed by atoms with E-state index < -0.39 is 6.10 Å². The summed E-state index contributed by atoms with van der Waals surface area (Å²) >= 11 is 0. The lowest BCUT2D eigenvalue weighted by atomic mass is 10.2. The molecule has 0 radical (unpaired) electrons. The number of benzene rings is 2. The third-order valence-corrected chi connectivity index (χ3v) is 4.63. The van der Waals surface area contributed by atoms with Gasteiger partial charge in [-0.2, -0.15) is 0 Å². The molecule has 0 aliphatic carbocycles. The summed E-state index contributed by atoms with van der Waals surface area (Å²) in [6, 6.07) is 18.2. The molecule has 4 heteroatoms. The zero-order chi connectivity index (χ0) is 17.6. The van der Waals surface area contributed by atoms with Gasteiger partial charge in [-0.1, -0.05) is 37.3 Å². The van der Waals surface area contributed by atoms with Gasteiger partial charge in [0.05, 0.1) is 0 Å². The normalized spacial score (nSPS) is 15.8. The molecule has 1 aliphatic rings. The number of anilines is 1. The van der Waals surface area contributed by atoms with Crippen LogP contribution in [-0.4, -0.2) is 43.1 Å². The molecule has 0 spiro atoms. The summed E-state index contributed by atoms with van der Waals surface area (Å²) in [6.45, 7) is 7.22. The minimum absolute atomic E-state index is 0.0942. The van der Waals surface area contributed by atoms with Crippen LogP contribution in [0.3, 0.4) is 0 Å². The molecule has 1 unspecified atom stereocenters. The number of carbonyl (C=O) groups is 1. The van der Waals surface area contributed by atoms with Crippen molar-refractivity contribution in [2.75, 3.05) is 31.1 Å². The van der Waals surface area contributed by atoms with Crippen LogP contribution in [0.5, 0.6) is 5.75 Å². The number of carbonyl (C=O) groups excluding carboxylic acids is 1. The Hall–Kier alpha value is -2.49. The van der Waals surface area contributed by atoms with E-state index in [0.29, 0.717) is 6.42 Å². The maximum atomic E-state index is 12.8. The summed E-state index contributed by atoms with van der Waals surface area (Å²) < 4.78 is 5.97. The molecule has 0 bridgehead atoms. The van der Waals surface area contributed by atoms with Gasteiger partial charge in [0.1, 0.15) is 5.75 Å². The number of hydrogen-bond donors (Lipinski definition) is 0. The first-order valence-corrected chi connectivity index (χ1v) is 8.99. The molecule has 1 aliphatic heterocycles. The van der Waals surface area contributed by atoms with Crippen LogP contribution in [-0.2, 0) is 4.79 Å². The maximum absolute atomic E-state index is 12.8. The van der Waals surface area contributed by atoms with Crippen LogP contribution in [0, 0.1) is 6.92 Å². The van der Waals surface area contributed by atoms with Gasteiger partial charge in [0.15, 0.2) is 6.10 Å². The van der Waals surface area contributed by atoms with E-state index in [4.69, 9.17) is 4.74 Å². The molecule has 0 saturated carbocycles. The Morgan fingerprint density at radius 1 is 1.04 bits per heavy atom. The van der Waals surface area contributed by atoms with Crippen molar-refractivity contribution in [1.82, 2.24) is 4.90 Å². The summed E-state index contributed by atoms with van der Waals surface area (Å²) in [6.07, 6.45) is 0.260. The zero-order valence-electron chi connectivity index (χ0n) is 15.0. The number of rotatable bonds is 5. The van der Waals surface area contributed by atoms with Crippen LogP contribution in [0.2, 0.25) is 0 Å². The Bertz CT molecular complexity index is 694. The summed E-state index contributed by atoms with van der Waals surface area (Å²) in [5.74, 6) is 0.861. The van der Waals surface area contributed by atoms with E-state index in [1.807, 2.05) is 49.1 Å². The second kappa shape index (κ2) is 8.06. The lowest BCUT2D eigenvalue weighted by Crippen LogP contribution is -2.52. The molecule has 2 aromatic carbocycles. The van der Waals surface area contributed by atoms with Crippen LogP contribution in [0.1, 0.15) is 18.9 Å². The smallest absolute Gasteiger partial charge is 0.263 e. The highest BCUT2D eigenvalue weighted by atomic mass is 16.5. The quantitative estimate of drug-likeness (QED) is 0.836. The largest absolute Gasteiger partial charge is 0.481 e. The highest BCUT2D eigenvalue weighted by molar-refractivity contribution is 5.81. The zero-order valence-corrected chi connectivity index (χ0v) is 15.0. The van der Waals surface area contributed by atoms with Crippen LogP contribution in [0.15, 0.2) is 54.6 Å². The minimum atomic E-state index is -0.412. The predicted octanol–water partition coefficient (Wildman–Crippen LogP) is 3.50. The molecule has 4 nitrogen and oxygen atoms in total. The molecule has 0 N–H and O–H groups in total. The Morgan fingerprint density at radius 2 is 1.76 bits per heavy atom. The minimum Gasteiger partial charge on any atom is -0.481 e. The average molecular weight is 338 g/mol. The van der Waals surface area contributed by atoms with Crippen molar-refractivity contribution in [2.45, 2.75) is 26.4 Å². The fourth-order valence-corrected chi connectivity index (χ4v) is 3.19. The molecule has 2 aromatic rings. The average Bonchev–Trinajstić information content (AvgIpc) is 2.66. The second-order valence-corrected chi connectivity index (χ2v) is 6.48. The van der Waals surface area contributed by atoms with Crippen molar-refractivity contribution < 1.29 is 9.53 Å². The van der Waals surface area contributed by atoms with Gasteiger partial charge in [0.2, 0.25) is 0 Å². The third-order valence-electron chi connectivity index (χ3n) is 4.63. The lowest BCUT2D eigenvalue weighted by molar-refractivity contribution is -0.139. The number of nitrogens with zero attached hydrogens (tertiary/aromatic N) is 2. The van der Waals surface area contributed by atoms with Gasteiger partial charge in [-0.05, 0) is 43.2 Å². The van der Waals surface area contributed by atoms with Gasteiger partial charge in [-0.25, -0.2) is 0 Å². The third kappa shape index (κ3) is 4.32. The molecule has 25 heavy (non-hydrogen) atoms. The maximum Gasteiger partial charge on any atom is 0.263 e. The summed E-state index contributed by atoms with van der Waals surface area (Å²) in [5, 5.41) is 0. The molecule has 1 amide bonds. The Balaban J connectivity index is 1.59. The van der Waals surface area contributed by atoms with Crippen LogP contribution in [0.25, 0.3) is 0 Å². The fraction of sp³-hybridized carbons (Fsp3) is 0.381. The number of ether oxygens (including phenoxy) is 1. The van der Waals surface area contributed by atoms with Crippen molar-refractivity contribution in [1.29, 1.82) is 0 Å². The summed E-state index contributed by atoms with van der Waals surface area (Å²) in [5.41, 5.74) is 2.36. The van der Waals surface area contributed by atoms with Gasteiger partial charge < -0.3 is 14.5 Å². The first-order valence-electron chi connectivity index (χ1n) is 8.99. The first kappa shape index (κ1) is 17.3. The SMILES string of the molecule is CCC(Oc1cccc(C)c1)C(=O)N1CCN(c2ccccc2)CC1. The molecule has 132 valence electrons. The van der Waals surface area contributed by atoms with Crippen LogP contribution < -0.4 is 9.64 Å². The van der Waals surface area contributed by atoms with Gasteiger partial charge in [0.25, 0.3) is 5.91 Å². The number of piperazine rings is 1. The number of para-hydroxylation sites is 1. The highest BCUT2D eigenvalue weighted by Crippen LogP contribution is 2.19. The van der Waals surface area contributed by atoms with E-state index >= 15 is 0 Å². The molecule has 0 aromatic heterocycles. The monoisotopic (exact) mass is 338 g/mol. The van der Waals surface area contributed by atoms with Crippen LogP contribution in [0.4, 0.5) is 5.69 Å². The lowest BCUT2D eigenvalue weighted by Gasteiger charge is -2.37. The Kier molecular flexibility index (Phi) is 5.59. The molecule has 1 fully saturated rings. The highest BCUT2D eigenvalue weighted by Gasteiger charge is 2.27. The van der Waals surface area contributed by atoms with Crippen molar-refractivity contribution in [3.8, 4) is 5.75 Å². The molecule has 1 atom stereocenters. The van der Waals surface area contributed by atoms with E-state index in [1.54, 1.807) is 0 Å². The van der Waals surface area contributed by atoms with Crippen molar-refractivity contribution in [3.63, 3.8) is 0 Å². The van der Waals surface area contributed by atoms with E-state index in [2.05, 4.69) is 29.2 Å². The van der Waals surface area contributed by atoms with Crippen molar-refractivity contribution in [2.24, 2.45) is 0 Å². The number of hydrogen-bond acceptors (Lipinski definition) is 3. The van der Waals surface area contributed by atoms with Gasteiger partial charge in [0, 0.05) is 31.9 Å². The van der Waals surface area contributed by atoms with Gasteiger partial charge >= 0.3 is 0 Å².